The molecule has 0 spiro atoms. The molecule has 1 unspecified atom stereocenters. The average Bonchev–Trinajstić information content (AvgIpc) is 3.23. The van der Waals surface area contributed by atoms with Crippen LogP contribution < -0.4 is 10.9 Å². The molecule has 7 nitrogen and oxygen atoms in total. The highest BCUT2D eigenvalue weighted by molar-refractivity contribution is 7.18. The Labute approximate surface area is 166 Å². The van der Waals surface area contributed by atoms with Gasteiger partial charge in [-0.3, -0.25) is 9.20 Å². The van der Waals surface area contributed by atoms with E-state index in [1.165, 1.54) is 4.88 Å². The van der Waals surface area contributed by atoms with Gasteiger partial charge in [0.15, 0.2) is 11.5 Å². The molecule has 28 heavy (non-hydrogen) atoms. The van der Waals surface area contributed by atoms with E-state index in [1.807, 2.05) is 28.8 Å². The van der Waals surface area contributed by atoms with Crippen molar-refractivity contribution >= 4 is 27.2 Å². The summed E-state index contributed by atoms with van der Waals surface area (Å²) in [6.45, 7) is 7.48. The van der Waals surface area contributed by atoms with Gasteiger partial charge >= 0.3 is 0 Å². The number of fused-ring (bicyclic) bond motifs is 2. The maximum absolute atomic E-state index is 12.7. The maximum atomic E-state index is 12.7. The number of pyridine rings is 1. The van der Waals surface area contributed by atoms with E-state index in [4.69, 9.17) is 0 Å². The molecule has 0 radical (unpaired) electrons. The zero-order valence-electron chi connectivity index (χ0n) is 16.3. The number of hydrogen-bond acceptors (Lipinski definition) is 6. The Kier molecular flexibility index (Phi) is 5.23. The number of thiophene rings is 1. The number of nitrogens with zero attached hydrogens (tertiary/aromatic N) is 4. The third-order valence-electron chi connectivity index (χ3n) is 5.12. The number of rotatable bonds is 7. The Balaban J connectivity index is 1.52. The van der Waals surface area contributed by atoms with Crippen molar-refractivity contribution < 1.29 is 0 Å². The topological polar surface area (TPSA) is 88.0 Å². The number of hydrogen-bond donors (Lipinski definition) is 2. The van der Waals surface area contributed by atoms with Gasteiger partial charge in [-0.2, -0.15) is 0 Å². The third-order valence-corrected chi connectivity index (χ3v) is 6.16. The van der Waals surface area contributed by atoms with Crippen molar-refractivity contribution in [2.24, 2.45) is 5.92 Å². The van der Waals surface area contributed by atoms with Gasteiger partial charge in [0.2, 0.25) is 0 Å². The smallest absolute Gasteiger partial charge is 0.259 e. The summed E-state index contributed by atoms with van der Waals surface area (Å²) in [6, 6.07) is 5.80. The molecule has 0 aliphatic rings. The summed E-state index contributed by atoms with van der Waals surface area (Å²) >= 11 is 1.61. The minimum absolute atomic E-state index is 0.0441. The SMILES string of the molecule is CCC(C)Cc1c(C)sc2nc(CNCc3nnc4ccccn34)[nH]c(=O)c12. The van der Waals surface area contributed by atoms with Crippen molar-refractivity contribution in [3.05, 3.63) is 56.8 Å². The predicted molar refractivity (Wildman–Crippen MR) is 112 cm³/mol. The molecular weight excluding hydrogens is 372 g/mol. The first-order chi connectivity index (χ1) is 13.6. The summed E-state index contributed by atoms with van der Waals surface area (Å²) in [7, 11) is 0. The minimum atomic E-state index is -0.0441. The van der Waals surface area contributed by atoms with Gasteiger partial charge in [-0.25, -0.2) is 4.98 Å². The van der Waals surface area contributed by atoms with Gasteiger partial charge in [0.25, 0.3) is 5.56 Å². The van der Waals surface area contributed by atoms with E-state index in [0.29, 0.717) is 24.8 Å². The molecule has 0 aromatic carbocycles. The molecular formula is C20H24N6OS. The quantitative estimate of drug-likeness (QED) is 0.501. The summed E-state index contributed by atoms with van der Waals surface area (Å²) in [6.07, 6.45) is 3.96. The lowest BCUT2D eigenvalue weighted by Gasteiger charge is -2.08. The monoisotopic (exact) mass is 396 g/mol. The fraction of sp³-hybridized carbons (Fsp3) is 0.400. The zero-order valence-corrected chi connectivity index (χ0v) is 17.1. The van der Waals surface area contributed by atoms with Crippen LogP contribution in [0, 0.1) is 12.8 Å². The summed E-state index contributed by atoms with van der Waals surface area (Å²) < 4.78 is 1.94. The molecule has 0 bridgehead atoms. The molecule has 4 heterocycles. The fourth-order valence-electron chi connectivity index (χ4n) is 3.35. The van der Waals surface area contributed by atoms with Crippen molar-refractivity contribution in [3.8, 4) is 0 Å². The standard InChI is InChI=1S/C20H24N6OS/c1-4-12(2)9-14-13(3)28-20-18(14)19(27)22-15(23-20)10-21-11-17-25-24-16-7-5-6-8-26(16)17/h5-8,12,21H,4,9-11H2,1-3H3,(H,22,23,27). The fourth-order valence-corrected chi connectivity index (χ4v) is 4.42. The van der Waals surface area contributed by atoms with Crippen LogP contribution in [0.1, 0.15) is 42.4 Å². The lowest BCUT2D eigenvalue weighted by Crippen LogP contribution is -2.20. The molecule has 0 amide bonds. The van der Waals surface area contributed by atoms with E-state index in [2.05, 4.69) is 46.3 Å². The highest BCUT2D eigenvalue weighted by Gasteiger charge is 2.16. The first-order valence-electron chi connectivity index (χ1n) is 9.57. The zero-order chi connectivity index (χ0) is 19.7. The lowest BCUT2D eigenvalue weighted by atomic mass is 9.98. The van der Waals surface area contributed by atoms with Crippen molar-refractivity contribution in [1.29, 1.82) is 0 Å². The number of H-pyrrole nitrogens is 1. The highest BCUT2D eigenvalue weighted by Crippen LogP contribution is 2.29. The van der Waals surface area contributed by atoms with Gasteiger partial charge in [0.1, 0.15) is 10.7 Å². The van der Waals surface area contributed by atoms with Crippen LogP contribution in [0.15, 0.2) is 29.2 Å². The van der Waals surface area contributed by atoms with Gasteiger partial charge in [-0.05, 0) is 37.0 Å². The van der Waals surface area contributed by atoms with Gasteiger partial charge < -0.3 is 10.3 Å². The normalized spacial score (nSPS) is 12.8. The molecule has 0 aliphatic carbocycles. The van der Waals surface area contributed by atoms with Crippen molar-refractivity contribution in [1.82, 2.24) is 29.9 Å². The molecule has 1 atom stereocenters. The predicted octanol–water partition coefficient (Wildman–Crippen LogP) is 3.21. The van der Waals surface area contributed by atoms with E-state index in [0.717, 1.165) is 40.1 Å². The highest BCUT2D eigenvalue weighted by atomic mass is 32.1. The first kappa shape index (κ1) is 18.8. The van der Waals surface area contributed by atoms with E-state index < -0.39 is 0 Å². The Morgan fingerprint density at radius 3 is 2.96 bits per heavy atom. The average molecular weight is 397 g/mol. The number of aromatic amines is 1. The molecule has 4 aromatic heterocycles. The molecule has 146 valence electrons. The molecule has 0 aliphatic heterocycles. The minimum Gasteiger partial charge on any atom is -0.309 e. The molecule has 2 N–H and O–H groups in total. The maximum Gasteiger partial charge on any atom is 0.259 e. The van der Waals surface area contributed by atoms with Gasteiger partial charge in [-0.15, -0.1) is 21.5 Å². The second kappa shape index (κ2) is 7.81. The number of aryl methyl sites for hydroxylation is 1. The Morgan fingerprint density at radius 2 is 2.14 bits per heavy atom. The second-order valence-electron chi connectivity index (χ2n) is 7.20. The molecule has 0 saturated carbocycles. The van der Waals surface area contributed by atoms with Crippen LogP contribution in [-0.4, -0.2) is 24.6 Å². The summed E-state index contributed by atoms with van der Waals surface area (Å²) in [5.41, 5.74) is 1.92. The summed E-state index contributed by atoms with van der Waals surface area (Å²) in [4.78, 5) is 22.4. The molecule has 4 aromatic rings. The Hall–Kier alpha value is -2.58. The number of aromatic nitrogens is 5. The van der Waals surface area contributed by atoms with Crippen LogP contribution >= 0.6 is 11.3 Å². The summed E-state index contributed by atoms with van der Waals surface area (Å²) in [5.74, 6) is 2.01. The van der Waals surface area contributed by atoms with Gasteiger partial charge in [0.05, 0.1) is 18.5 Å². The van der Waals surface area contributed by atoms with Crippen LogP contribution in [0.2, 0.25) is 0 Å². The van der Waals surface area contributed by atoms with Crippen molar-refractivity contribution in [3.63, 3.8) is 0 Å². The number of nitrogens with one attached hydrogen (secondary N) is 2. The van der Waals surface area contributed by atoms with Crippen molar-refractivity contribution in [2.75, 3.05) is 0 Å². The van der Waals surface area contributed by atoms with E-state index in [-0.39, 0.29) is 5.56 Å². The Morgan fingerprint density at radius 1 is 1.29 bits per heavy atom. The largest absolute Gasteiger partial charge is 0.309 e. The van der Waals surface area contributed by atoms with Crippen molar-refractivity contribution in [2.45, 2.75) is 46.7 Å². The Bertz CT molecular complexity index is 1170. The van der Waals surface area contributed by atoms with Crippen LogP contribution in [0.4, 0.5) is 0 Å². The molecule has 8 heteroatoms. The third kappa shape index (κ3) is 3.57. The van der Waals surface area contributed by atoms with Crippen LogP contribution in [0.5, 0.6) is 0 Å². The van der Waals surface area contributed by atoms with E-state index >= 15 is 0 Å². The van der Waals surface area contributed by atoms with E-state index in [9.17, 15) is 4.79 Å². The molecule has 0 fully saturated rings. The van der Waals surface area contributed by atoms with Crippen LogP contribution in [0.25, 0.3) is 15.9 Å². The van der Waals surface area contributed by atoms with Crippen LogP contribution in [0.3, 0.4) is 0 Å². The van der Waals surface area contributed by atoms with Crippen LogP contribution in [-0.2, 0) is 19.5 Å². The van der Waals surface area contributed by atoms with Gasteiger partial charge in [0, 0.05) is 11.1 Å². The summed E-state index contributed by atoms with van der Waals surface area (Å²) in [5, 5.41) is 12.4. The van der Waals surface area contributed by atoms with Gasteiger partial charge in [-0.1, -0.05) is 26.3 Å². The lowest BCUT2D eigenvalue weighted by molar-refractivity contribution is 0.561. The van der Waals surface area contributed by atoms with E-state index in [1.54, 1.807) is 11.3 Å². The second-order valence-corrected chi connectivity index (χ2v) is 8.40. The molecule has 0 saturated heterocycles. The first-order valence-corrected chi connectivity index (χ1v) is 10.4. The molecule has 4 rings (SSSR count).